The molecule has 0 heterocycles. The Kier molecular flexibility index (Phi) is 4.90. The predicted molar refractivity (Wildman–Crippen MR) is 65.7 cm³/mol. The highest BCUT2D eigenvalue weighted by atomic mass is 19.1. The van der Waals surface area contributed by atoms with E-state index in [2.05, 4.69) is 5.32 Å². The molecule has 0 fully saturated rings. The summed E-state index contributed by atoms with van der Waals surface area (Å²) in [6, 6.07) is 6.16. The van der Waals surface area contributed by atoms with Crippen molar-refractivity contribution in [2.75, 3.05) is 13.2 Å². The van der Waals surface area contributed by atoms with E-state index < -0.39 is 11.9 Å². The zero-order valence-corrected chi connectivity index (χ0v) is 10.5. The van der Waals surface area contributed by atoms with Gasteiger partial charge < -0.3 is 15.2 Å². The Bertz CT molecular complexity index is 350. The summed E-state index contributed by atoms with van der Waals surface area (Å²) in [6.07, 6.45) is -0.658. The van der Waals surface area contributed by atoms with Gasteiger partial charge in [-0.15, -0.1) is 0 Å². The van der Waals surface area contributed by atoms with Crippen LogP contribution in [0.1, 0.15) is 20.8 Å². The zero-order valence-electron chi connectivity index (χ0n) is 10.5. The molecule has 1 rings (SSSR count). The molecule has 0 spiro atoms. The summed E-state index contributed by atoms with van der Waals surface area (Å²) in [7, 11) is 0. The molecule has 3 nitrogen and oxygen atoms in total. The van der Waals surface area contributed by atoms with Gasteiger partial charge in [0.05, 0.1) is 0 Å². The van der Waals surface area contributed by atoms with Crippen LogP contribution in [0.2, 0.25) is 0 Å². The molecule has 0 radical (unpaired) electrons. The van der Waals surface area contributed by atoms with Gasteiger partial charge in [0.15, 0.2) is 11.6 Å². The molecule has 0 aliphatic heterocycles. The lowest BCUT2D eigenvalue weighted by atomic mass is 10.1. The first-order valence-electron chi connectivity index (χ1n) is 5.69. The number of rotatable bonds is 5. The topological polar surface area (TPSA) is 41.5 Å². The van der Waals surface area contributed by atoms with Crippen molar-refractivity contribution in [1.82, 2.24) is 5.32 Å². The number of hydrogen-bond acceptors (Lipinski definition) is 3. The van der Waals surface area contributed by atoms with E-state index in [1.165, 1.54) is 6.07 Å². The lowest BCUT2D eigenvalue weighted by molar-refractivity contribution is 0.0980. The van der Waals surface area contributed by atoms with Crippen LogP contribution in [-0.2, 0) is 0 Å². The first kappa shape index (κ1) is 13.9. The highest BCUT2D eigenvalue weighted by molar-refractivity contribution is 5.23. The summed E-state index contributed by atoms with van der Waals surface area (Å²) >= 11 is 0. The molecular weight excluding hydrogens is 221 g/mol. The van der Waals surface area contributed by atoms with E-state index >= 15 is 0 Å². The van der Waals surface area contributed by atoms with E-state index in [0.29, 0.717) is 6.54 Å². The molecule has 96 valence electrons. The van der Waals surface area contributed by atoms with Gasteiger partial charge in [-0.3, -0.25) is 0 Å². The number of benzene rings is 1. The van der Waals surface area contributed by atoms with Crippen LogP contribution in [-0.4, -0.2) is 29.9 Å². The van der Waals surface area contributed by atoms with Crippen LogP contribution in [0.5, 0.6) is 5.75 Å². The molecule has 1 unspecified atom stereocenters. The minimum Gasteiger partial charge on any atom is -0.488 e. The number of para-hydroxylation sites is 1. The van der Waals surface area contributed by atoms with Gasteiger partial charge in [-0.1, -0.05) is 12.1 Å². The first-order chi connectivity index (χ1) is 7.88. The molecular formula is C13H20FNO2. The SMILES string of the molecule is CC(C)(C)NCC(O)COc1ccccc1F. The molecule has 17 heavy (non-hydrogen) atoms. The number of ether oxygens (including phenoxy) is 1. The molecule has 1 aromatic rings. The Morgan fingerprint density at radius 1 is 1.35 bits per heavy atom. The van der Waals surface area contributed by atoms with Gasteiger partial charge in [0.2, 0.25) is 0 Å². The Labute approximate surface area is 102 Å². The lowest BCUT2D eigenvalue weighted by Gasteiger charge is -2.23. The van der Waals surface area contributed by atoms with Gasteiger partial charge in [-0.2, -0.15) is 0 Å². The standard InChI is InChI=1S/C13H20FNO2/c1-13(2,3)15-8-10(16)9-17-12-7-5-4-6-11(12)14/h4-7,10,15-16H,8-9H2,1-3H3. The van der Waals surface area contributed by atoms with E-state index in [1.54, 1.807) is 18.2 Å². The van der Waals surface area contributed by atoms with Gasteiger partial charge in [0.1, 0.15) is 12.7 Å². The van der Waals surface area contributed by atoms with Crippen LogP contribution in [0.3, 0.4) is 0 Å². The molecule has 2 N–H and O–H groups in total. The van der Waals surface area contributed by atoms with Crippen LogP contribution in [0.15, 0.2) is 24.3 Å². The summed E-state index contributed by atoms with van der Waals surface area (Å²) in [5.74, 6) is -0.245. The number of nitrogens with one attached hydrogen (secondary N) is 1. The molecule has 0 amide bonds. The predicted octanol–water partition coefficient (Wildman–Crippen LogP) is 1.95. The zero-order chi connectivity index (χ0) is 12.9. The molecule has 4 heteroatoms. The first-order valence-corrected chi connectivity index (χ1v) is 5.69. The second kappa shape index (κ2) is 5.98. The van der Waals surface area contributed by atoms with Crippen molar-refractivity contribution in [1.29, 1.82) is 0 Å². The van der Waals surface area contributed by atoms with Crippen molar-refractivity contribution in [2.45, 2.75) is 32.4 Å². The van der Waals surface area contributed by atoms with Crippen LogP contribution in [0.25, 0.3) is 0 Å². The van der Waals surface area contributed by atoms with Gasteiger partial charge in [0.25, 0.3) is 0 Å². The molecule has 1 aromatic carbocycles. The largest absolute Gasteiger partial charge is 0.488 e. The van der Waals surface area contributed by atoms with E-state index in [9.17, 15) is 9.50 Å². The Balaban J connectivity index is 2.34. The van der Waals surface area contributed by atoms with Crippen molar-refractivity contribution in [3.8, 4) is 5.75 Å². The van der Waals surface area contributed by atoms with Crippen molar-refractivity contribution in [3.63, 3.8) is 0 Å². The lowest BCUT2D eigenvalue weighted by Crippen LogP contribution is -2.42. The third-order valence-corrected chi connectivity index (χ3v) is 2.14. The number of aliphatic hydroxyl groups excluding tert-OH is 1. The molecule has 0 aliphatic rings. The fourth-order valence-corrected chi connectivity index (χ4v) is 1.23. The van der Waals surface area contributed by atoms with E-state index in [-0.39, 0.29) is 17.9 Å². The highest BCUT2D eigenvalue weighted by Crippen LogP contribution is 2.15. The third-order valence-electron chi connectivity index (χ3n) is 2.14. The van der Waals surface area contributed by atoms with Crippen LogP contribution in [0, 0.1) is 5.82 Å². The van der Waals surface area contributed by atoms with E-state index in [4.69, 9.17) is 4.74 Å². The monoisotopic (exact) mass is 241 g/mol. The maximum atomic E-state index is 13.2. The van der Waals surface area contributed by atoms with Gasteiger partial charge >= 0.3 is 0 Å². The maximum Gasteiger partial charge on any atom is 0.165 e. The average Bonchev–Trinajstić information content (AvgIpc) is 2.24. The van der Waals surface area contributed by atoms with Gasteiger partial charge in [0, 0.05) is 12.1 Å². The second-order valence-corrected chi connectivity index (χ2v) is 5.03. The average molecular weight is 241 g/mol. The summed E-state index contributed by atoms with van der Waals surface area (Å²) < 4.78 is 18.4. The van der Waals surface area contributed by atoms with Crippen molar-refractivity contribution < 1.29 is 14.2 Å². The molecule has 1 atom stereocenters. The van der Waals surface area contributed by atoms with Crippen LogP contribution >= 0.6 is 0 Å². The van der Waals surface area contributed by atoms with Crippen molar-refractivity contribution in [2.24, 2.45) is 0 Å². The van der Waals surface area contributed by atoms with Crippen molar-refractivity contribution in [3.05, 3.63) is 30.1 Å². The van der Waals surface area contributed by atoms with Crippen molar-refractivity contribution >= 4 is 0 Å². The Morgan fingerprint density at radius 3 is 2.59 bits per heavy atom. The summed E-state index contributed by atoms with van der Waals surface area (Å²) in [5, 5.41) is 12.8. The van der Waals surface area contributed by atoms with Gasteiger partial charge in [-0.25, -0.2) is 4.39 Å². The van der Waals surface area contributed by atoms with Crippen LogP contribution < -0.4 is 10.1 Å². The Morgan fingerprint density at radius 2 is 2.00 bits per heavy atom. The summed E-state index contributed by atoms with van der Waals surface area (Å²) in [5.41, 5.74) is -0.0566. The second-order valence-electron chi connectivity index (χ2n) is 5.03. The fourth-order valence-electron chi connectivity index (χ4n) is 1.23. The summed E-state index contributed by atoms with van der Waals surface area (Å²) in [6.45, 7) is 6.52. The highest BCUT2D eigenvalue weighted by Gasteiger charge is 2.13. The molecule has 0 saturated carbocycles. The summed E-state index contributed by atoms with van der Waals surface area (Å²) in [4.78, 5) is 0. The minimum absolute atomic E-state index is 0.0566. The van der Waals surface area contributed by atoms with E-state index in [1.807, 2.05) is 20.8 Å². The molecule has 0 aromatic heterocycles. The smallest absolute Gasteiger partial charge is 0.165 e. The normalized spacial score (nSPS) is 13.5. The fraction of sp³-hybridized carbons (Fsp3) is 0.538. The molecule has 0 bridgehead atoms. The maximum absolute atomic E-state index is 13.2. The van der Waals surface area contributed by atoms with E-state index in [0.717, 1.165) is 0 Å². The van der Waals surface area contributed by atoms with Crippen LogP contribution in [0.4, 0.5) is 4.39 Å². The molecule has 0 saturated heterocycles. The molecule has 0 aliphatic carbocycles. The quantitative estimate of drug-likeness (QED) is 0.828. The number of halogens is 1. The third kappa shape index (κ3) is 5.65. The Hall–Kier alpha value is -1.13. The van der Waals surface area contributed by atoms with Gasteiger partial charge in [-0.05, 0) is 32.9 Å². The number of hydrogen-bond donors (Lipinski definition) is 2. The number of β-amino-alcohol motifs (C(OH)–C–C–N with tert-alkyl or cyclic N) is 1. The number of aliphatic hydroxyl groups is 1. The minimum atomic E-state index is -0.658.